The summed E-state index contributed by atoms with van der Waals surface area (Å²) in [7, 11) is 1.62. The van der Waals surface area contributed by atoms with E-state index in [1.54, 1.807) is 35.9 Å². The summed E-state index contributed by atoms with van der Waals surface area (Å²) in [5, 5.41) is 9.13. The minimum absolute atomic E-state index is 0.0554. The van der Waals surface area contributed by atoms with Crippen molar-refractivity contribution in [3.63, 3.8) is 0 Å². The number of carboxylic acids is 1. The van der Waals surface area contributed by atoms with E-state index in [1.165, 1.54) is 18.9 Å². The molecule has 0 spiro atoms. The van der Waals surface area contributed by atoms with Crippen LogP contribution in [0.15, 0.2) is 48.5 Å². The van der Waals surface area contributed by atoms with Gasteiger partial charge in [0, 0.05) is 42.2 Å². The number of aliphatic carboxylic acids is 1. The molecule has 1 saturated heterocycles. The molecule has 2 aliphatic heterocycles. The number of amides is 1. The largest absolute Gasteiger partial charge is 0.496 e. The van der Waals surface area contributed by atoms with Crippen LogP contribution in [0, 0.1) is 12.8 Å². The van der Waals surface area contributed by atoms with E-state index in [0.717, 1.165) is 48.4 Å². The standard InChI is InChI=1S/C21H18ClF2NO2.C10H17NO3.C4H10.C2H6/c1-12-15(4-3-5-19(12)26-2)20-16-10-13(22)6-8-17(16)25-14(11-27-20)7-9-18(25)21(23)24;1-2-9(12)11-5-3-8(4-6-11)7-10(13)14;1-3-4-2;1-2/h3-10,20-21H,11H2,1-2H3;8H,2-7H2,1H3,(H,13,14);3-4H2,1-2H3;1-2H3/t20-;;;/m1.../s1. The van der Waals surface area contributed by atoms with Gasteiger partial charge in [-0.25, -0.2) is 8.78 Å². The Morgan fingerprint density at radius 1 is 1.02 bits per heavy atom. The molecule has 0 bridgehead atoms. The van der Waals surface area contributed by atoms with Crippen molar-refractivity contribution < 1.29 is 33.0 Å². The van der Waals surface area contributed by atoms with Crippen LogP contribution in [-0.4, -0.2) is 46.6 Å². The first-order valence-electron chi connectivity index (χ1n) is 16.6. The number of nitrogens with zero attached hydrogens (tertiary/aromatic N) is 2. The summed E-state index contributed by atoms with van der Waals surface area (Å²) in [6.45, 7) is 13.8. The summed E-state index contributed by atoms with van der Waals surface area (Å²) < 4.78 is 40.3. The number of benzene rings is 2. The molecular formula is C37H51ClF2N2O5. The minimum Gasteiger partial charge on any atom is -0.496 e. The molecule has 1 amide bonds. The van der Waals surface area contributed by atoms with Gasteiger partial charge in [-0.1, -0.05) is 71.2 Å². The lowest BCUT2D eigenvalue weighted by Gasteiger charge is -2.31. The summed E-state index contributed by atoms with van der Waals surface area (Å²) in [6.07, 6.45) is 2.06. The third-order valence-corrected chi connectivity index (χ3v) is 8.42. The number of carbonyl (C=O) groups is 2. The fourth-order valence-corrected chi connectivity index (χ4v) is 5.70. The molecule has 0 unspecified atom stereocenters. The fraction of sp³-hybridized carbons (Fsp3) is 0.514. The summed E-state index contributed by atoms with van der Waals surface area (Å²) >= 11 is 6.25. The zero-order chi connectivity index (χ0) is 35.1. The van der Waals surface area contributed by atoms with Crippen LogP contribution in [-0.2, 0) is 20.9 Å². The molecule has 1 atom stereocenters. The number of aromatic nitrogens is 1. The number of halogens is 3. The van der Waals surface area contributed by atoms with Crippen LogP contribution in [0.3, 0.4) is 0 Å². The van der Waals surface area contributed by atoms with Crippen LogP contribution < -0.4 is 4.74 Å². The van der Waals surface area contributed by atoms with Crippen LogP contribution in [0.4, 0.5) is 8.78 Å². The number of piperidine rings is 1. The summed E-state index contributed by atoms with van der Waals surface area (Å²) in [6, 6.07) is 14.1. The number of ether oxygens (including phenoxy) is 2. The molecule has 47 heavy (non-hydrogen) atoms. The number of hydrogen-bond acceptors (Lipinski definition) is 4. The normalized spacial score (nSPS) is 15.4. The predicted octanol–water partition coefficient (Wildman–Crippen LogP) is 9.95. The topological polar surface area (TPSA) is 81.0 Å². The zero-order valence-electron chi connectivity index (χ0n) is 28.8. The maximum Gasteiger partial charge on any atom is 0.303 e. The van der Waals surface area contributed by atoms with E-state index in [0.29, 0.717) is 22.8 Å². The van der Waals surface area contributed by atoms with Gasteiger partial charge in [0.25, 0.3) is 6.43 Å². The van der Waals surface area contributed by atoms with E-state index in [2.05, 4.69) is 13.8 Å². The van der Waals surface area contributed by atoms with E-state index in [-0.39, 0.29) is 30.5 Å². The van der Waals surface area contributed by atoms with E-state index < -0.39 is 18.5 Å². The first-order valence-corrected chi connectivity index (χ1v) is 17.0. The van der Waals surface area contributed by atoms with Gasteiger partial charge in [0.2, 0.25) is 5.91 Å². The van der Waals surface area contributed by atoms with E-state index in [1.807, 2.05) is 50.8 Å². The van der Waals surface area contributed by atoms with Gasteiger partial charge in [-0.3, -0.25) is 9.59 Å². The number of fused-ring (bicyclic) bond motifs is 3. The highest BCUT2D eigenvalue weighted by atomic mass is 35.5. The summed E-state index contributed by atoms with van der Waals surface area (Å²) in [5.41, 5.74) is 3.88. The van der Waals surface area contributed by atoms with Gasteiger partial charge >= 0.3 is 5.97 Å². The third-order valence-electron chi connectivity index (χ3n) is 8.19. The second-order valence-electron chi connectivity index (χ2n) is 11.2. The Kier molecular flexibility index (Phi) is 17.0. The zero-order valence-corrected chi connectivity index (χ0v) is 29.6. The van der Waals surface area contributed by atoms with Crippen molar-refractivity contribution in [1.29, 1.82) is 0 Å². The maximum absolute atomic E-state index is 13.6. The van der Waals surface area contributed by atoms with Gasteiger partial charge in [0.15, 0.2) is 0 Å². The molecule has 1 fully saturated rings. The molecule has 3 heterocycles. The fourth-order valence-electron chi connectivity index (χ4n) is 5.52. The first kappa shape index (κ1) is 39.7. The molecule has 260 valence electrons. The lowest BCUT2D eigenvalue weighted by atomic mass is 9.93. The number of rotatable bonds is 7. The molecule has 0 radical (unpaired) electrons. The van der Waals surface area contributed by atoms with Crippen LogP contribution in [0.1, 0.15) is 114 Å². The second-order valence-corrected chi connectivity index (χ2v) is 11.7. The molecule has 5 rings (SSSR count). The van der Waals surface area contributed by atoms with Crippen molar-refractivity contribution in [2.24, 2.45) is 5.92 Å². The van der Waals surface area contributed by atoms with Crippen molar-refractivity contribution in [2.45, 2.75) is 99.2 Å². The van der Waals surface area contributed by atoms with Gasteiger partial charge < -0.3 is 24.0 Å². The Labute approximate surface area is 283 Å². The SMILES string of the molecule is CC.CCC(=O)N1CCC(CC(=O)O)CC1.CCCC.COc1cccc([C@H]2OCc3ccc(C(F)F)n3-c3ccc(Cl)cc32)c1C. The number of carbonyl (C=O) groups excluding carboxylic acids is 1. The Morgan fingerprint density at radius 3 is 2.23 bits per heavy atom. The molecule has 1 N–H and O–H groups in total. The second kappa shape index (κ2) is 20.1. The van der Waals surface area contributed by atoms with Crippen molar-refractivity contribution in [1.82, 2.24) is 9.47 Å². The van der Waals surface area contributed by atoms with Crippen molar-refractivity contribution in [3.8, 4) is 11.4 Å². The predicted molar refractivity (Wildman–Crippen MR) is 184 cm³/mol. The summed E-state index contributed by atoms with van der Waals surface area (Å²) in [5.74, 6) is 0.453. The number of likely N-dealkylation sites (tertiary alicyclic amines) is 1. The Morgan fingerprint density at radius 2 is 1.68 bits per heavy atom. The molecular weight excluding hydrogens is 626 g/mol. The molecule has 10 heteroatoms. The summed E-state index contributed by atoms with van der Waals surface area (Å²) in [4.78, 5) is 23.6. The lowest BCUT2D eigenvalue weighted by Crippen LogP contribution is -2.38. The smallest absolute Gasteiger partial charge is 0.303 e. The van der Waals surface area contributed by atoms with Crippen molar-refractivity contribution >= 4 is 23.5 Å². The molecule has 1 aromatic heterocycles. The average Bonchev–Trinajstić information content (AvgIpc) is 3.44. The number of alkyl halides is 2. The highest BCUT2D eigenvalue weighted by molar-refractivity contribution is 6.30. The lowest BCUT2D eigenvalue weighted by molar-refractivity contribution is -0.138. The molecule has 2 aliphatic rings. The Hall–Kier alpha value is -3.43. The number of unbranched alkanes of at least 4 members (excludes halogenated alkanes) is 1. The highest BCUT2D eigenvalue weighted by Crippen LogP contribution is 2.41. The van der Waals surface area contributed by atoms with Gasteiger partial charge in [0.1, 0.15) is 11.9 Å². The van der Waals surface area contributed by atoms with E-state index >= 15 is 0 Å². The number of hydrogen-bond donors (Lipinski definition) is 1. The quantitative estimate of drug-likeness (QED) is 0.269. The van der Waals surface area contributed by atoms with Gasteiger partial charge in [-0.2, -0.15) is 0 Å². The number of methoxy groups -OCH3 is 1. The van der Waals surface area contributed by atoms with Crippen LogP contribution in [0.5, 0.6) is 5.75 Å². The van der Waals surface area contributed by atoms with E-state index in [9.17, 15) is 18.4 Å². The Bertz CT molecular complexity index is 1420. The Balaban J connectivity index is 0.000000323. The molecule has 0 aliphatic carbocycles. The van der Waals surface area contributed by atoms with Crippen LogP contribution in [0.2, 0.25) is 5.02 Å². The van der Waals surface area contributed by atoms with Gasteiger partial charge in [-0.15, -0.1) is 0 Å². The monoisotopic (exact) mass is 676 g/mol. The molecule has 2 aromatic carbocycles. The van der Waals surface area contributed by atoms with Crippen LogP contribution >= 0.6 is 11.6 Å². The van der Waals surface area contributed by atoms with Crippen molar-refractivity contribution in [2.75, 3.05) is 20.2 Å². The molecule has 0 saturated carbocycles. The first-order chi connectivity index (χ1) is 22.6. The van der Waals surface area contributed by atoms with Crippen molar-refractivity contribution in [3.05, 3.63) is 81.6 Å². The van der Waals surface area contributed by atoms with Gasteiger partial charge in [-0.05, 0) is 73.2 Å². The highest BCUT2D eigenvalue weighted by Gasteiger charge is 2.29. The van der Waals surface area contributed by atoms with Crippen LogP contribution in [0.25, 0.3) is 5.69 Å². The van der Waals surface area contributed by atoms with E-state index in [4.69, 9.17) is 26.2 Å². The molecule has 7 nitrogen and oxygen atoms in total. The average molecular weight is 677 g/mol. The van der Waals surface area contributed by atoms with Gasteiger partial charge in [0.05, 0.1) is 25.1 Å². The molecule has 3 aromatic rings. The third kappa shape index (κ3) is 10.8. The number of carboxylic acid groups (broad SMARTS) is 1. The maximum atomic E-state index is 13.6. The minimum atomic E-state index is -2.59.